The lowest BCUT2D eigenvalue weighted by Crippen LogP contribution is -2.41. The Hall–Kier alpha value is -0.0400. The van der Waals surface area contributed by atoms with Crippen molar-refractivity contribution in [1.29, 1.82) is 0 Å². The molecule has 2 rings (SSSR count). The zero-order chi connectivity index (χ0) is 8.82. The monoisotopic (exact) mass is 167 g/mol. The Morgan fingerprint density at radius 2 is 2.08 bits per heavy atom. The van der Waals surface area contributed by atoms with E-state index in [4.69, 9.17) is 0 Å². The summed E-state index contributed by atoms with van der Waals surface area (Å²) in [6, 6.07) is 0. The lowest BCUT2D eigenvalue weighted by molar-refractivity contribution is 0.131. The van der Waals surface area contributed by atoms with Gasteiger partial charge >= 0.3 is 0 Å². The van der Waals surface area contributed by atoms with Gasteiger partial charge < -0.3 is 0 Å². The van der Waals surface area contributed by atoms with Crippen LogP contribution in [0.3, 0.4) is 0 Å². The van der Waals surface area contributed by atoms with Gasteiger partial charge in [0.15, 0.2) is 0 Å². The van der Waals surface area contributed by atoms with Crippen LogP contribution in [0.1, 0.15) is 46.5 Å². The van der Waals surface area contributed by atoms with E-state index in [1.54, 1.807) is 0 Å². The summed E-state index contributed by atoms with van der Waals surface area (Å²) in [4.78, 5) is 2.72. The molecule has 2 heterocycles. The lowest BCUT2D eigenvalue weighted by Gasteiger charge is -2.35. The minimum atomic E-state index is 0.533. The summed E-state index contributed by atoms with van der Waals surface area (Å²) in [5.74, 6) is 0. The fourth-order valence-electron chi connectivity index (χ4n) is 3.30. The molecule has 1 nitrogen and oxygen atoms in total. The van der Waals surface area contributed by atoms with Crippen LogP contribution in [0.5, 0.6) is 0 Å². The highest BCUT2D eigenvalue weighted by atomic mass is 15.2. The summed E-state index contributed by atoms with van der Waals surface area (Å²) in [6.07, 6.45) is 5.63. The molecule has 0 amide bonds. The Kier molecular flexibility index (Phi) is 1.76. The number of hydrogen-bond donors (Lipinski definition) is 0. The van der Waals surface area contributed by atoms with Gasteiger partial charge in [0.1, 0.15) is 0 Å². The number of piperidine rings is 1. The number of hydrogen-bond acceptors (Lipinski definition) is 1. The highest BCUT2D eigenvalue weighted by Crippen LogP contribution is 2.48. The maximum Gasteiger partial charge on any atom is 0.0184 e. The van der Waals surface area contributed by atoms with Crippen LogP contribution in [-0.2, 0) is 0 Å². The molecule has 0 aliphatic carbocycles. The summed E-state index contributed by atoms with van der Waals surface area (Å²) in [5, 5.41) is 0. The topological polar surface area (TPSA) is 3.24 Å². The average molecular weight is 167 g/mol. The first-order chi connectivity index (χ1) is 5.58. The summed E-state index contributed by atoms with van der Waals surface area (Å²) >= 11 is 0. The fourth-order valence-corrected chi connectivity index (χ4v) is 3.30. The third-order valence-corrected chi connectivity index (χ3v) is 4.11. The van der Waals surface area contributed by atoms with Crippen LogP contribution < -0.4 is 0 Å². The quantitative estimate of drug-likeness (QED) is 0.580. The Morgan fingerprint density at radius 3 is 2.67 bits per heavy atom. The summed E-state index contributed by atoms with van der Waals surface area (Å²) in [6.45, 7) is 9.96. The molecule has 2 saturated heterocycles. The van der Waals surface area contributed by atoms with Crippen molar-refractivity contribution in [3.05, 3.63) is 0 Å². The van der Waals surface area contributed by atoms with Crippen molar-refractivity contribution < 1.29 is 0 Å². The van der Waals surface area contributed by atoms with E-state index in [2.05, 4.69) is 25.7 Å². The third kappa shape index (κ3) is 1.10. The molecule has 2 aliphatic heterocycles. The van der Waals surface area contributed by atoms with Gasteiger partial charge in [-0.2, -0.15) is 0 Å². The van der Waals surface area contributed by atoms with Crippen molar-refractivity contribution in [1.82, 2.24) is 4.90 Å². The van der Waals surface area contributed by atoms with Gasteiger partial charge in [-0.3, -0.25) is 4.90 Å². The first-order valence-corrected chi connectivity index (χ1v) is 5.33. The average Bonchev–Trinajstić information content (AvgIpc) is 2.20. The second-order valence-corrected chi connectivity index (χ2v) is 5.36. The van der Waals surface area contributed by atoms with E-state index in [0.717, 1.165) is 0 Å². The Morgan fingerprint density at radius 1 is 1.33 bits per heavy atom. The van der Waals surface area contributed by atoms with Gasteiger partial charge in [0, 0.05) is 12.1 Å². The molecular weight excluding hydrogens is 146 g/mol. The SMILES string of the molecule is CCC1(C)CC2(C)CCCN1C2. The second-order valence-electron chi connectivity index (χ2n) is 5.36. The van der Waals surface area contributed by atoms with Gasteiger partial charge in [-0.05, 0) is 44.6 Å². The van der Waals surface area contributed by atoms with Crippen LogP contribution in [0, 0.1) is 5.41 Å². The highest BCUT2D eigenvalue weighted by Gasteiger charge is 2.48. The molecule has 70 valence electrons. The zero-order valence-electron chi connectivity index (χ0n) is 8.69. The van der Waals surface area contributed by atoms with Gasteiger partial charge in [0.25, 0.3) is 0 Å². The molecule has 2 fully saturated rings. The van der Waals surface area contributed by atoms with E-state index in [1.807, 2.05) is 0 Å². The molecule has 12 heavy (non-hydrogen) atoms. The van der Waals surface area contributed by atoms with Gasteiger partial charge in [0.2, 0.25) is 0 Å². The van der Waals surface area contributed by atoms with Gasteiger partial charge in [0.05, 0.1) is 0 Å². The van der Waals surface area contributed by atoms with Crippen molar-refractivity contribution in [3.63, 3.8) is 0 Å². The van der Waals surface area contributed by atoms with Crippen molar-refractivity contribution in [2.45, 2.75) is 52.0 Å². The lowest BCUT2D eigenvalue weighted by atomic mass is 9.79. The first-order valence-electron chi connectivity index (χ1n) is 5.33. The van der Waals surface area contributed by atoms with E-state index < -0.39 is 0 Å². The Bertz CT molecular complexity index is 189. The van der Waals surface area contributed by atoms with E-state index >= 15 is 0 Å². The number of nitrogens with zero attached hydrogens (tertiary/aromatic N) is 1. The number of fused-ring (bicyclic) bond motifs is 2. The standard InChI is InChI=1S/C11H21N/c1-4-11(3)8-10(2)6-5-7-12(11)9-10/h4-9H2,1-3H3. The molecule has 0 saturated carbocycles. The maximum atomic E-state index is 2.72. The van der Waals surface area contributed by atoms with Crippen LogP contribution in [0.2, 0.25) is 0 Å². The Balaban J connectivity index is 2.22. The molecule has 0 aromatic carbocycles. The molecule has 1 heteroatoms. The van der Waals surface area contributed by atoms with E-state index in [0.29, 0.717) is 11.0 Å². The van der Waals surface area contributed by atoms with Crippen LogP contribution in [0.15, 0.2) is 0 Å². The first kappa shape index (κ1) is 8.55. The summed E-state index contributed by atoms with van der Waals surface area (Å²) in [7, 11) is 0. The smallest absolute Gasteiger partial charge is 0.0184 e. The predicted molar refractivity (Wildman–Crippen MR) is 52.2 cm³/mol. The van der Waals surface area contributed by atoms with Gasteiger partial charge in [-0.1, -0.05) is 13.8 Å². The normalized spacial score (nSPS) is 52.8. The molecule has 0 aromatic heterocycles. The minimum absolute atomic E-state index is 0.533. The molecule has 0 spiro atoms. The van der Waals surface area contributed by atoms with Crippen molar-refractivity contribution in [2.24, 2.45) is 5.41 Å². The molecule has 2 bridgehead atoms. The van der Waals surface area contributed by atoms with Crippen LogP contribution in [0.4, 0.5) is 0 Å². The molecule has 3 atom stereocenters. The number of rotatable bonds is 1. The van der Waals surface area contributed by atoms with Gasteiger partial charge in [-0.15, -0.1) is 0 Å². The van der Waals surface area contributed by atoms with Crippen molar-refractivity contribution in [2.75, 3.05) is 13.1 Å². The largest absolute Gasteiger partial charge is 0.297 e. The van der Waals surface area contributed by atoms with Crippen LogP contribution >= 0.6 is 0 Å². The van der Waals surface area contributed by atoms with Crippen LogP contribution in [-0.4, -0.2) is 23.5 Å². The molecule has 0 N–H and O–H groups in total. The van der Waals surface area contributed by atoms with Gasteiger partial charge in [-0.25, -0.2) is 0 Å². The minimum Gasteiger partial charge on any atom is -0.297 e. The zero-order valence-corrected chi connectivity index (χ0v) is 8.69. The molecule has 0 radical (unpaired) electrons. The Labute approximate surface area is 76.1 Å². The predicted octanol–water partition coefficient (Wildman–Crippen LogP) is 2.66. The van der Waals surface area contributed by atoms with E-state index in [-0.39, 0.29) is 0 Å². The molecule has 3 unspecified atom stereocenters. The maximum absolute atomic E-state index is 2.72. The van der Waals surface area contributed by atoms with Crippen LogP contribution in [0.25, 0.3) is 0 Å². The van der Waals surface area contributed by atoms with E-state index in [1.165, 1.54) is 38.8 Å². The highest BCUT2D eigenvalue weighted by molar-refractivity contribution is 5.03. The molecule has 2 aliphatic rings. The molecular formula is C11H21N. The third-order valence-electron chi connectivity index (χ3n) is 4.11. The van der Waals surface area contributed by atoms with Crippen molar-refractivity contribution in [3.8, 4) is 0 Å². The summed E-state index contributed by atoms with van der Waals surface area (Å²) < 4.78 is 0. The van der Waals surface area contributed by atoms with E-state index in [9.17, 15) is 0 Å². The molecule has 0 aromatic rings. The van der Waals surface area contributed by atoms with Crippen molar-refractivity contribution >= 4 is 0 Å². The fraction of sp³-hybridized carbons (Fsp3) is 1.00. The summed E-state index contributed by atoms with van der Waals surface area (Å²) in [5.41, 5.74) is 1.19. The second kappa shape index (κ2) is 2.47.